The average molecular weight is 1290 g/mol. The number of likely N-dealkylation sites (tertiary alicyclic amines) is 1. The van der Waals surface area contributed by atoms with Crippen LogP contribution in [0, 0.1) is 84.5 Å². The van der Waals surface area contributed by atoms with Crippen LogP contribution in [0.25, 0.3) is 54.2 Å². The van der Waals surface area contributed by atoms with Gasteiger partial charge in [0.2, 0.25) is 11.8 Å². The molecule has 0 spiro atoms. The Morgan fingerprint density at radius 1 is 0.732 bits per heavy atom. The van der Waals surface area contributed by atoms with Crippen molar-refractivity contribution in [2.24, 2.45) is 23.3 Å². The molecule has 10 heterocycles. The minimum absolute atomic E-state index is 0. The van der Waals surface area contributed by atoms with Crippen LogP contribution in [0.3, 0.4) is 0 Å². The Morgan fingerprint density at radius 2 is 1.21 bits per heavy atom. The molecule has 2 aliphatic heterocycles. The van der Waals surface area contributed by atoms with Gasteiger partial charge in [-0.2, -0.15) is 10.2 Å². The molecule has 2 saturated heterocycles. The molecule has 4 aliphatic rings. The first kappa shape index (κ1) is 52.1. The number of carbonyl (C=O) groups is 2. The number of primary amides is 2. The minimum Gasteiger partial charge on any atom is -0.369 e. The molecule has 0 aromatic carbocycles. The van der Waals surface area contributed by atoms with E-state index in [4.69, 9.17) is 7.07 Å². The summed E-state index contributed by atoms with van der Waals surface area (Å²) >= 11 is 6.78. The van der Waals surface area contributed by atoms with Crippen molar-refractivity contribution in [1.29, 1.82) is 1.34 Å². The van der Waals surface area contributed by atoms with Gasteiger partial charge in [0.15, 0.2) is 11.3 Å². The summed E-state index contributed by atoms with van der Waals surface area (Å²) in [5, 5.41) is 15.6. The number of hydrogen-bond donors (Lipinski definition) is 5. The number of rotatable bonds is 9. The second kappa shape index (κ2) is 20.8. The molecule has 12 rings (SSSR count). The summed E-state index contributed by atoms with van der Waals surface area (Å²) in [4.78, 5) is 45.6. The zero-order valence-electron chi connectivity index (χ0n) is 43.5. The maximum atomic E-state index is 11.4. The number of thiophene rings is 2. The van der Waals surface area contributed by atoms with E-state index in [-0.39, 0.29) is 48.3 Å². The predicted octanol–water partition coefficient (Wildman–Crippen LogP) is 9.32. The number of aryl methyl sites for hydroxylation is 4. The molecule has 2 aliphatic carbocycles. The topological polar surface area (TPSA) is 193 Å². The van der Waals surface area contributed by atoms with E-state index in [0.29, 0.717) is 36.3 Å². The van der Waals surface area contributed by atoms with Crippen LogP contribution >= 0.6 is 38.6 Å². The first-order valence-electron chi connectivity index (χ1n) is 25.0. The Bertz CT molecular complexity index is 3320. The smallest absolute Gasteiger partial charge is 0.231 e. The first-order valence-corrected chi connectivity index (χ1v) is 27.2. The van der Waals surface area contributed by atoms with Crippen molar-refractivity contribution in [1.82, 2.24) is 49.4 Å². The number of aromatic nitrogens is 8. The molecule has 2 amide bonds. The molecule has 4 bridgehead atoms. The number of nitrogens with two attached hydrogens (primary N) is 2. The summed E-state index contributed by atoms with van der Waals surface area (Å²) in [6, 6.07) is 1.22. The number of hydrogen-bond acceptors (Lipinski definition) is 10. The van der Waals surface area contributed by atoms with E-state index >= 15 is 0 Å². The fourth-order valence-corrected chi connectivity index (χ4v) is 15.5. The number of piperidine rings is 2. The molecular formula is C52H66BBrN12O2S2U. The van der Waals surface area contributed by atoms with E-state index in [2.05, 4.69) is 152 Å². The van der Waals surface area contributed by atoms with Gasteiger partial charge in [0.1, 0.15) is 22.3 Å². The summed E-state index contributed by atoms with van der Waals surface area (Å²) in [6.45, 7) is 25.1. The van der Waals surface area contributed by atoms with E-state index < -0.39 is 0 Å². The molecule has 8 aromatic heterocycles. The quantitative estimate of drug-likeness (QED) is 0.0697. The molecule has 0 unspecified atom stereocenters. The van der Waals surface area contributed by atoms with Crippen molar-refractivity contribution in [2.75, 3.05) is 25.0 Å². The molecule has 2 saturated carbocycles. The molecule has 14 nitrogen and oxygen atoms in total. The molecule has 372 valence electrons. The van der Waals surface area contributed by atoms with Crippen molar-refractivity contribution < 1.29 is 40.7 Å². The third-order valence-corrected chi connectivity index (χ3v) is 19.3. The molecule has 7 N–H and O–H groups in total. The van der Waals surface area contributed by atoms with E-state index in [0.717, 1.165) is 42.1 Å². The van der Waals surface area contributed by atoms with Crippen LogP contribution in [0.15, 0.2) is 25.0 Å². The Morgan fingerprint density at radius 3 is 1.59 bits per heavy atom. The third kappa shape index (κ3) is 9.30. The molecule has 71 heavy (non-hydrogen) atoms. The standard InChI is InChI=1S/C26H32N6OS.C24H29N5S.C2H4BrNO.BH.U/c1-12(2)21-22-15(5)24(18-7-17-6-16(18)8-31(17)10-20(27)33)34-26(22)30-23(21)19-9-32-25(28-11-29-32)14(4)13(19)3;1-11(2)19-20-14(5)22(17-7-16-6-15(17)8-25-16)30-24(20)28-21(19)18-9-29-23(26-10-27-29)13(4)12(18)3;3-1-2(4)5;;/h9,11-12,16-18,30H,6-8,10H2,1-5H3,(H2,27,33);9-11,15-17,25,28H,6-8H2,1-5H3;1H2,(H2,4,5);1H;/t16-,17-,18+;15-,16-,17+;;;/m00.../s1/i;;;1D;. The first-order chi connectivity index (χ1) is 33.9. The molecule has 4 fully saturated rings. The van der Waals surface area contributed by atoms with Crippen molar-refractivity contribution in [3.8, 4) is 22.5 Å². The van der Waals surface area contributed by atoms with Gasteiger partial charge in [-0.15, -0.1) is 22.7 Å². The van der Waals surface area contributed by atoms with E-state index in [1.807, 2.05) is 31.7 Å². The number of halogens is 1. The summed E-state index contributed by atoms with van der Waals surface area (Å²) in [5.41, 5.74) is 27.5. The Balaban J connectivity index is 0.000000170. The van der Waals surface area contributed by atoms with Crippen LogP contribution in [-0.4, -0.2) is 103 Å². The van der Waals surface area contributed by atoms with Gasteiger partial charge in [-0.05, 0) is 155 Å². The van der Waals surface area contributed by atoms with Crippen LogP contribution in [0.4, 0.5) is 0 Å². The monoisotopic (exact) mass is 1280 g/mol. The van der Waals surface area contributed by atoms with Gasteiger partial charge in [-0.25, -0.2) is 19.0 Å². The second-order valence-corrected chi connectivity index (χ2v) is 23.5. The van der Waals surface area contributed by atoms with Crippen LogP contribution in [0.5, 0.6) is 0 Å². The Kier molecular flexibility index (Phi) is 15.3. The summed E-state index contributed by atoms with van der Waals surface area (Å²) in [5.74, 6) is 3.05. The number of H-pyrrole nitrogens is 2. The van der Waals surface area contributed by atoms with E-state index in [1.54, 1.807) is 17.5 Å². The van der Waals surface area contributed by atoms with Gasteiger partial charge in [-0.1, -0.05) is 43.6 Å². The summed E-state index contributed by atoms with van der Waals surface area (Å²) in [7, 11) is 3.75. The van der Waals surface area contributed by atoms with Crippen molar-refractivity contribution >= 4 is 90.5 Å². The van der Waals surface area contributed by atoms with Crippen molar-refractivity contribution in [3.05, 3.63) is 79.3 Å². The van der Waals surface area contributed by atoms with Gasteiger partial charge in [0.05, 0.1) is 23.3 Å². The number of pyridine rings is 2. The summed E-state index contributed by atoms with van der Waals surface area (Å²) < 4.78 is 9.05. The second-order valence-electron chi connectivity index (χ2n) is 20.8. The average Bonchev–Trinajstić information content (AvgIpc) is 4.19. The maximum absolute atomic E-state index is 11.4. The fraction of sp³-hybridized carbons (Fsp3) is 0.500. The molecule has 2 radical (unpaired) electrons. The zero-order chi connectivity index (χ0) is 50.9. The number of alkyl halides is 1. The van der Waals surface area contributed by atoms with Gasteiger partial charge >= 0.3 is 0 Å². The Hall–Kier alpha value is -3.82. The molecule has 6 atom stereocenters. The normalized spacial score (nSPS) is 21.5. The molecular weight excluding hydrogens is 1220 g/mol. The maximum Gasteiger partial charge on any atom is 0.231 e. The number of nitrogens with one attached hydrogen (secondary N) is 3. The number of fused-ring (bicyclic) bond motifs is 8. The van der Waals surface area contributed by atoms with Crippen LogP contribution in [0.2, 0.25) is 0 Å². The molecule has 19 heteroatoms. The van der Waals surface area contributed by atoms with Gasteiger partial charge < -0.3 is 26.8 Å². The Labute approximate surface area is 459 Å². The SMILES string of the molecule is Cc1c(-c2[nH]c3sc([C@@H]4C[C@@H]5C[C@H]4CN5)c(C)c3c2C(C)C)cn2ncnc2c1C.Cc1c(-c2[nH]c3sc([C@@H]4C[C@@H]5C[C@H]4CN5CC(N)=O)c(C)c3c2C(C)C)cn2ncnc2c1C.NC(=O)CBr.[2H][B].[U]. The predicted molar refractivity (Wildman–Crippen MR) is 290 cm³/mol. The number of amides is 2. The van der Waals surface area contributed by atoms with Gasteiger partial charge in [0, 0.05) is 102 Å². The van der Waals surface area contributed by atoms with E-state index in [9.17, 15) is 9.59 Å². The summed E-state index contributed by atoms with van der Waals surface area (Å²) in [6.07, 6.45) is 12.5. The number of carbonyl (C=O) groups excluding carboxylic acids is 2. The van der Waals surface area contributed by atoms with E-state index in [1.165, 1.54) is 118 Å². The zero-order valence-corrected chi connectivity index (χ0v) is 49.8. The van der Waals surface area contributed by atoms with Crippen LogP contribution < -0.4 is 16.8 Å². The minimum atomic E-state index is -0.329. The van der Waals surface area contributed by atoms with Gasteiger partial charge in [0.25, 0.3) is 0 Å². The number of nitrogens with zero attached hydrogens (tertiary/aromatic N) is 7. The number of aromatic amines is 2. The fourth-order valence-electron chi connectivity index (χ4n) is 12.6. The van der Waals surface area contributed by atoms with Crippen molar-refractivity contribution in [2.45, 2.75) is 131 Å². The van der Waals surface area contributed by atoms with Crippen molar-refractivity contribution in [3.63, 3.8) is 0 Å². The van der Waals surface area contributed by atoms with Crippen LogP contribution in [-0.2, 0) is 9.59 Å². The third-order valence-electron chi connectivity index (χ3n) is 16.1. The molecule has 8 aromatic rings. The van der Waals surface area contributed by atoms with Gasteiger partial charge in [-0.3, -0.25) is 14.5 Å². The van der Waals surface area contributed by atoms with Crippen LogP contribution in [0.1, 0.15) is 131 Å². The largest absolute Gasteiger partial charge is 0.369 e.